The molecule has 2 amide bonds. The van der Waals surface area contributed by atoms with E-state index in [9.17, 15) is 14.9 Å². The highest BCUT2D eigenvalue weighted by molar-refractivity contribution is 5.81. The van der Waals surface area contributed by atoms with Gasteiger partial charge >= 0.3 is 12.2 Å². The highest BCUT2D eigenvalue weighted by Gasteiger charge is 2.37. The summed E-state index contributed by atoms with van der Waals surface area (Å²) in [4.78, 5) is 25.5. The van der Waals surface area contributed by atoms with E-state index in [1.807, 2.05) is 30.3 Å². The molecule has 2 rings (SSSR count). The van der Waals surface area contributed by atoms with E-state index in [1.165, 1.54) is 10.0 Å². The van der Waals surface area contributed by atoms with Crippen LogP contribution in [0.1, 0.15) is 53.5 Å². The molecule has 1 saturated heterocycles. The van der Waals surface area contributed by atoms with Crippen molar-refractivity contribution < 1.29 is 19.1 Å². The molecule has 7 nitrogen and oxygen atoms in total. The molecule has 156 valence electrons. The van der Waals surface area contributed by atoms with Crippen LogP contribution in [0.25, 0.3) is 5.57 Å². The topological polar surface area (TPSA) is 82.9 Å². The zero-order valence-corrected chi connectivity index (χ0v) is 18.0. The van der Waals surface area contributed by atoms with Crippen molar-refractivity contribution in [2.75, 3.05) is 13.1 Å². The molecule has 29 heavy (non-hydrogen) atoms. The van der Waals surface area contributed by atoms with Gasteiger partial charge in [0.15, 0.2) is 0 Å². The number of hydrogen-bond acceptors (Lipinski definition) is 5. The number of benzene rings is 1. The first-order chi connectivity index (χ1) is 13.4. The van der Waals surface area contributed by atoms with E-state index >= 15 is 0 Å². The van der Waals surface area contributed by atoms with Crippen molar-refractivity contribution in [2.45, 2.75) is 59.2 Å². The van der Waals surface area contributed by atoms with Gasteiger partial charge in [-0.05, 0) is 59.1 Å². The summed E-state index contributed by atoms with van der Waals surface area (Å²) >= 11 is 0. The number of ether oxygens (including phenoxy) is 2. The number of nitriles is 1. The van der Waals surface area contributed by atoms with E-state index in [2.05, 4.69) is 6.07 Å². The smallest absolute Gasteiger partial charge is 0.429 e. The molecule has 0 spiro atoms. The first-order valence-electron chi connectivity index (χ1n) is 9.60. The normalized spacial score (nSPS) is 16.7. The van der Waals surface area contributed by atoms with Gasteiger partial charge in [-0.1, -0.05) is 30.3 Å². The highest BCUT2D eigenvalue weighted by Crippen LogP contribution is 2.27. The summed E-state index contributed by atoms with van der Waals surface area (Å²) < 4.78 is 10.9. The maximum Gasteiger partial charge on any atom is 0.429 e. The molecule has 1 fully saturated rings. The van der Waals surface area contributed by atoms with Crippen LogP contribution in [-0.2, 0) is 9.47 Å². The highest BCUT2D eigenvalue weighted by atomic mass is 16.6. The maximum absolute atomic E-state index is 12.8. The van der Waals surface area contributed by atoms with Gasteiger partial charge in [-0.2, -0.15) is 5.26 Å². The molecule has 0 atom stereocenters. The Balaban J connectivity index is 2.38. The summed E-state index contributed by atoms with van der Waals surface area (Å²) in [6, 6.07) is 11.5. The number of nitrogens with zero attached hydrogens (tertiary/aromatic N) is 3. The van der Waals surface area contributed by atoms with Crippen LogP contribution in [0.5, 0.6) is 0 Å². The van der Waals surface area contributed by atoms with Crippen LogP contribution in [0.15, 0.2) is 35.9 Å². The first kappa shape index (κ1) is 22.3. The molecule has 0 bridgehead atoms. The quantitative estimate of drug-likeness (QED) is 0.636. The van der Waals surface area contributed by atoms with Crippen LogP contribution in [-0.4, -0.2) is 46.5 Å². The third-order valence-corrected chi connectivity index (χ3v) is 3.99. The third-order valence-electron chi connectivity index (χ3n) is 3.99. The average molecular weight is 399 g/mol. The van der Waals surface area contributed by atoms with E-state index in [0.29, 0.717) is 12.0 Å². The predicted molar refractivity (Wildman–Crippen MR) is 109 cm³/mol. The van der Waals surface area contributed by atoms with Gasteiger partial charge in [-0.25, -0.2) is 19.6 Å². The molecule has 0 N–H and O–H groups in total. The molecule has 1 aliphatic heterocycles. The van der Waals surface area contributed by atoms with Gasteiger partial charge in [0, 0.05) is 0 Å². The van der Waals surface area contributed by atoms with Crippen molar-refractivity contribution in [3.8, 4) is 6.07 Å². The van der Waals surface area contributed by atoms with Gasteiger partial charge in [0.05, 0.1) is 24.7 Å². The minimum absolute atomic E-state index is 0.0753. The Morgan fingerprint density at radius 1 is 0.931 bits per heavy atom. The lowest BCUT2D eigenvalue weighted by Gasteiger charge is -2.40. The summed E-state index contributed by atoms with van der Waals surface area (Å²) in [5.74, 6) is 0. The second kappa shape index (κ2) is 8.56. The van der Waals surface area contributed by atoms with Gasteiger partial charge in [-0.3, -0.25) is 0 Å². The predicted octanol–water partition coefficient (Wildman–Crippen LogP) is 4.76. The molecule has 7 heteroatoms. The third kappa shape index (κ3) is 6.24. The summed E-state index contributed by atoms with van der Waals surface area (Å²) in [5, 5.41) is 12.2. The lowest BCUT2D eigenvalue weighted by molar-refractivity contribution is -0.0656. The molecule has 1 aliphatic rings. The molecule has 0 unspecified atom stereocenters. The number of hydrazine groups is 1. The van der Waals surface area contributed by atoms with Gasteiger partial charge in [-0.15, -0.1) is 0 Å². The fraction of sp³-hybridized carbons (Fsp3) is 0.500. The second-order valence-corrected chi connectivity index (χ2v) is 8.85. The Morgan fingerprint density at radius 2 is 1.45 bits per heavy atom. The van der Waals surface area contributed by atoms with Gasteiger partial charge in [0.25, 0.3) is 0 Å². The number of amides is 2. The Bertz CT molecular complexity index is 826. The fourth-order valence-corrected chi connectivity index (χ4v) is 2.85. The minimum Gasteiger partial charge on any atom is -0.442 e. The molecule has 0 aromatic heterocycles. The number of rotatable bonds is 1. The van der Waals surface area contributed by atoms with Crippen molar-refractivity contribution in [3.05, 3.63) is 41.5 Å². The molecule has 0 saturated carbocycles. The summed E-state index contributed by atoms with van der Waals surface area (Å²) in [6.07, 6.45) is -0.831. The van der Waals surface area contributed by atoms with Crippen LogP contribution in [0.4, 0.5) is 9.59 Å². The van der Waals surface area contributed by atoms with Crippen LogP contribution < -0.4 is 0 Å². The number of carbonyl (C=O) groups is 2. The Morgan fingerprint density at radius 3 is 1.93 bits per heavy atom. The largest absolute Gasteiger partial charge is 0.442 e. The molecule has 0 radical (unpaired) electrons. The Labute approximate surface area is 172 Å². The van der Waals surface area contributed by atoms with E-state index in [1.54, 1.807) is 41.5 Å². The number of carbonyl (C=O) groups excluding carboxylic acids is 2. The zero-order valence-electron chi connectivity index (χ0n) is 18.0. The van der Waals surface area contributed by atoms with E-state index in [0.717, 1.165) is 11.1 Å². The Kier molecular flexibility index (Phi) is 6.58. The monoisotopic (exact) mass is 399 g/mol. The van der Waals surface area contributed by atoms with Crippen molar-refractivity contribution in [3.63, 3.8) is 0 Å². The van der Waals surface area contributed by atoms with Crippen molar-refractivity contribution in [2.24, 2.45) is 0 Å². The molecule has 0 aliphatic carbocycles. The SMILES string of the molecule is CC(C)(C)OC(=O)N1CC/C(=C(\C#N)c2ccccc2)CN1C(=O)OC(C)(C)C. The number of hydrogen-bond donors (Lipinski definition) is 0. The van der Waals surface area contributed by atoms with Gasteiger partial charge < -0.3 is 9.47 Å². The van der Waals surface area contributed by atoms with E-state index in [-0.39, 0.29) is 13.1 Å². The molecule has 1 heterocycles. The summed E-state index contributed by atoms with van der Waals surface area (Å²) in [5.41, 5.74) is 0.622. The van der Waals surface area contributed by atoms with Crippen LogP contribution in [0, 0.1) is 11.3 Å². The van der Waals surface area contributed by atoms with E-state index < -0.39 is 23.4 Å². The second-order valence-electron chi connectivity index (χ2n) is 8.85. The van der Waals surface area contributed by atoms with Crippen LogP contribution >= 0.6 is 0 Å². The van der Waals surface area contributed by atoms with Crippen LogP contribution in [0.2, 0.25) is 0 Å². The fourth-order valence-electron chi connectivity index (χ4n) is 2.85. The van der Waals surface area contributed by atoms with Crippen molar-refractivity contribution in [1.29, 1.82) is 5.26 Å². The summed E-state index contributed by atoms with van der Waals surface area (Å²) in [6.45, 7) is 10.9. The Hall–Kier alpha value is -3.01. The van der Waals surface area contributed by atoms with Crippen LogP contribution in [0.3, 0.4) is 0 Å². The van der Waals surface area contributed by atoms with E-state index in [4.69, 9.17) is 9.47 Å². The average Bonchev–Trinajstić information content (AvgIpc) is 2.60. The lowest BCUT2D eigenvalue weighted by Crippen LogP contribution is -2.56. The molecule has 1 aromatic rings. The molecule has 1 aromatic carbocycles. The lowest BCUT2D eigenvalue weighted by atomic mass is 9.97. The van der Waals surface area contributed by atoms with Gasteiger partial charge in [0.1, 0.15) is 11.2 Å². The maximum atomic E-state index is 12.8. The van der Waals surface area contributed by atoms with Crippen molar-refractivity contribution in [1.82, 2.24) is 10.0 Å². The standard InChI is InChI=1S/C22H29N3O4/c1-21(2,3)28-19(26)24-13-12-17(15-25(24)20(27)29-22(4,5)6)18(14-23)16-10-8-7-9-11-16/h7-11H,12-13,15H2,1-6H3/b18-17-. The summed E-state index contributed by atoms with van der Waals surface area (Å²) in [7, 11) is 0. The minimum atomic E-state index is -0.727. The first-order valence-corrected chi connectivity index (χ1v) is 9.60. The molecular weight excluding hydrogens is 370 g/mol. The van der Waals surface area contributed by atoms with Crippen molar-refractivity contribution >= 4 is 17.8 Å². The zero-order chi connectivity index (χ0) is 21.8. The van der Waals surface area contributed by atoms with Gasteiger partial charge in [0.2, 0.25) is 0 Å². The number of allylic oxidation sites excluding steroid dienone is 1. The molecular formula is C22H29N3O4.